The largest absolute Gasteiger partial charge is 0.465 e. The smallest absolute Gasteiger partial charge is 0.337 e. The number of carbonyl (C=O) groups excluding carboxylic acids is 1. The predicted molar refractivity (Wildman–Crippen MR) is 103 cm³/mol. The summed E-state index contributed by atoms with van der Waals surface area (Å²) in [4.78, 5) is 18.1. The number of ether oxygens (including phenoxy) is 1. The molecule has 3 aromatic rings. The lowest BCUT2D eigenvalue weighted by molar-refractivity contribution is 0.0600. The predicted octanol–water partition coefficient (Wildman–Crippen LogP) is 4.83. The van der Waals surface area contributed by atoms with Gasteiger partial charge in [-0.3, -0.25) is 0 Å². The molecule has 0 bridgehead atoms. The molecule has 0 amide bonds. The molecule has 0 fully saturated rings. The van der Waals surface area contributed by atoms with Crippen molar-refractivity contribution < 1.29 is 13.9 Å². The van der Waals surface area contributed by atoms with Crippen LogP contribution in [0.25, 0.3) is 12.2 Å². The quantitative estimate of drug-likeness (QED) is 0.628. The molecule has 1 aliphatic heterocycles. The van der Waals surface area contributed by atoms with E-state index in [1.807, 2.05) is 41.3 Å². The van der Waals surface area contributed by atoms with Crippen LogP contribution in [0.2, 0.25) is 0 Å². The number of hydrogen-bond donors (Lipinski definition) is 0. The lowest BCUT2D eigenvalue weighted by Gasteiger charge is -2.26. The van der Waals surface area contributed by atoms with Gasteiger partial charge >= 0.3 is 5.97 Å². The van der Waals surface area contributed by atoms with E-state index in [0.29, 0.717) is 17.7 Å². The van der Waals surface area contributed by atoms with Crippen LogP contribution in [0.1, 0.15) is 27.0 Å². The van der Waals surface area contributed by atoms with Gasteiger partial charge in [-0.1, -0.05) is 24.3 Å². The Morgan fingerprint density at radius 2 is 1.89 bits per heavy atom. The second kappa shape index (κ2) is 7.03. The van der Waals surface area contributed by atoms with Crippen molar-refractivity contribution in [3.63, 3.8) is 0 Å². The number of pyridine rings is 1. The van der Waals surface area contributed by atoms with Gasteiger partial charge in [0.15, 0.2) is 0 Å². The Balaban J connectivity index is 1.77. The molecule has 27 heavy (non-hydrogen) atoms. The summed E-state index contributed by atoms with van der Waals surface area (Å²) < 4.78 is 19.2. The first-order valence-electron chi connectivity index (χ1n) is 8.54. The molecule has 2 aromatic carbocycles. The van der Waals surface area contributed by atoms with E-state index in [0.717, 1.165) is 22.6 Å². The minimum Gasteiger partial charge on any atom is -0.465 e. The third kappa shape index (κ3) is 3.19. The topological polar surface area (TPSA) is 42.4 Å². The van der Waals surface area contributed by atoms with Crippen molar-refractivity contribution >= 4 is 29.6 Å². The average Bonchev–Trinajstić information content (AvgIpc) is 2.86. The molecule has 0 atom stereocenters. The summed E-state index contributed by atoms with van der Waals surface area (Å²) in [7, 11) is 1.36. The lowest BCUT2D eigenvalue weighted by atomic mass is 10.1. The Morgan fingerprint density at radius 1 is 1.07 bits per heavy atom. The molecular weight excluding hydrogens is 343 g/mol. The third-order valence-electron chi connectivity index (χ3n) is 4.54. The van der Waals surface area contributed by atoms with Crippen molar-refractivity contribution in [2.45, 2.75) is 6.54 Å². The number of halogens is 1. The molecule has 0 aliphatic carbocycles. The number of nitrogens with zero attached hydrogens (tertiary/aromatic N) is 2. The van der Waals surface area contributed by atoms with E-state index in [1.54, 1.807) is 30.5 Å². The fraction of sp³-hybridized carbons (Fsp3) is 0.0909. The van der Waals surface area contributed by atoms with Gasteiger partial charge in [-0.05, 0) is 48.0 Å². The highest BCUT2D eigenvalue weighted by atomic mass is 19.1. The Labute approximate surface area is 156 Å². The summed E-state index contributed by atoms with van der Waals surface area (Å²) >= 11 is 0. The number of anilines is 2. The normalized spacial score (nSPS) is 12.1. The van der Waals surface area contributed by atoms with Crippen molar-refractivity contribution in [3.05, 3.63) is 88.9 Å². The van der Waals surface area contributed by atoms with Crippen LogP contribution in [0, 0.1) is 5.82 Å². The number of methoxy groups -OCH3 is 1. The van der Waals surface area contributed by atoms with Gasteiger partial charge in [0.05, 0.1) is 18.4 Å². The second-order valence-electron chi connectivity index (χ2n) is 6.20. The van der Waals surface area contributed by atoms with Gasteiger partial charge in [0, 0.05) is 23.9 Å². The van der Waals surface area contributed by atoms with Crippen LogP contribution in [0.4, 0.5) is 15.9 Å². The van der Waals surface area contributed by atoms with Crippen molar-refractivity contribution in [3.8, 4) is 0 Å². The summed E-state index contributed by atoms with van der Waals surface area (Å²) in [5.41, 5.74) is 3.65. The molecule has 0 saturated heterocycles. The van der Waals surface area contributed by atoms with Gasteiger partial charge in [-0.15, -0.1) is 0 Å². The van der Waals surface area contributed by atoms with E-state index >= 15 is 0 Å². The molecule has 4 nitrogen and oxygen atoms in total. The van der Waals surface area contributed by atoms with Crippen molar-refractivity contribution in [1.82, 2.24) is 4.98 Å². The van der Waals surface area contributed by atoms with Gasteiger partial charge in [-0.25, -0.2) is 14.2 Å². The van der Waals surface area contributed by atoms with Crippen LogP contribution < -0.4 is 4.90 Å². The molecule has 0 spiro atoms. The first-order chi connectivity index (χ1) is 13.2. The van der Waals surface area contributed by atoms with E-state index < -0.39 is 0 Å². The van der Waals surface area contributed by atoms with Gasteiger partial charge < -0.3 is 9.64 Å². The molecule has 1 aromatic heterocycles. The Kier molecular flexibility index (Phi) is 4.42. The SMILES string of the molecule is COC(=O)c1ccc(CN2c3cccc(F)c3C=Cc3cccnc32)cc1. The van der Waals surface area contributed by atoms with Crippen molar-refractivity contribution in [2.24, 2.45) is 0 Å². The zero-order chi connectivity index (χ0) is 18.8. The van der Waals surface area contributed by atoms with Gasteiger partial charge in [0.2, 0.25) is 0 Å². The zero-order valence-corrected chi connectivity index (χ0v) is 14.7. The average molecular weight is 360 g/mol. The lowest BCUT2D eigenvalue weighted by Crippen LogP contribution is -2.19. The van der Waals surface area contributed by atoms with Crippen LogP contribution >= 0.6 is 0 Å². The van der Waals surface area contributed by atoms with Crippen LogP contribution in [-0.4, -0.2) is 18.1 Å². The number of aromatic nitrogens is 1. The Morgan fingerprint density at radius 3 is 2.67 bits per heavy atom. The fourth-order valence-electron chi connectivity index (χ4n) is 3.18. The molecule has 0 radical (unpaired) electrons. The Bertz CT molecular complexity index is 1030. The van der Waals surface area contributed by atoms with E-state index in [9.17, 15) is 9.18 Å². The molecule has 0 saturated carbocycles. The maximum Gasteiger partial charge on any atom is 0.337 e. The molecule has 4 rings (SSSR count). The highest BCUT2D eigenvalue weighted by Gasteiger charge is 2.21. The number of rotatable bonds is 3. The minimum atomic E-state index is -0.375. The van der Waals surface area contributed by atoms with Crippen LogP contribution in [0.3, 0.4) is 0 Å². The summed E-state index contributed by atoms with van der Waals surface area (Å²) in [6, 6.07) is 16.0. The summed E-state index contributed by atoms with van der Waals surface area (Å²) in [5, 5.41) is 0. The first-order valence-corrected chi connectivity index (χ1v) is 8.54. The maximum absolute atomic E-state index is 14.4. The number of esters is 1. The van der Waals surface area contributed by atoms with Crippen molar-refractivity contribution in [1.29, 1.82) is 0 Å². The fourth-order valence-corrected chi connectivity index (χ4v) is 3.18. The van der Waals surface area contributed by atoms with E-state index in [-0.39, 0.29) is 11.8 Å². The van der Waals surface area contributed by atoms with E-state index in [4.69, 9.17) is 4.74 Å². The molecular formula is C22H17FN2O2. The molecule has 2 heterocycles. The summed E-state index contributed by atoms with van der Waals surface area (Å²) in [5.74, 6) is 0.109. The van der Waals surface area contributed by atoms with Gasteiger partial charge in [-0.2, -0.15) is 0 Å². The monoisotopic (exact) mass is 360 g/mol. The minimum absolute atomic E-state index is 0.275. The maximum atomic E-state index is 14.4. The summed E-state index contributed by atoms with van der Waals surface area (Å²) in [6.45, 7) is 0.490. The highest BCUT2D eigenvalue weighted by molar-refractivity contribution is 5.89. The standard InChI is InChI=1S/C22H17FN2O2/c1-27-22(26)17-9-7-15(8-10-17)14-25-20-6-2-5-19(23)18(20)12-11-16-4-3-13-24-21(16)25/h2-13H,14H2,1H3. The van der Waals surface area contributed by atoms with Crippen LogP contribution in [-0.2, 0) is 11.3 Å². The third-order valence-corrected chi connectivity index (χ3v) is 4.54. The van der Waals surface area contributed by atoms with Crippen LogP contribution in [0.15, 0.2) is 60.8 Å². The highest BCUT2D eigenvalue weighted by Crippen LogP contribution is 2.37. The van der Waals surface area contributed by atoms with Crippen LogP contribution in [0.5, 0.6) is 0 Å². The number of carbonyl (C=O) groups is 1. The van der Waals surface area contributed by atoms with Crippen molar-refractivity contribution in [2.75, 3.05) is 12.0 Å². The molecule has 134 valence electrons. The first kappa shape index (κ1) is 17.0. The number of benzene rings is 2. The second-order valence-corrected chi connectivity index (χ2v) is 6.20. The molecule has 0 N–H and O–H groups in total. The number of fused-ring (bicyclic) bond motifs is 2. The molecule has 5 heteroatoms. The molecule has 0 unspecified atom stereocenters. The molecule has 1 aliphatic rings. The summed E-state index contributed by atoms with van der Waals surface area (Å²) in [6.07, 6.45) is 5.39. The van der Waals surface area contributed by atoms with Gasteiger partial charge in [0.1, 0.15) is 11.6 Å². The zero-order valence-electron chi connectivity index (χ0n) is 14.7. The number of hydrogen-bond acceptors (Lipinski definition) is 4. The Hall–Kier alpha value is -3.47. The van der Waals surface area contributed by atoms with E-state index in [1.165, 1.54) is 13.2 Å². The van der Waals surface area contributed by atoms with E-state index in [2.05, 4.69) is 4.98 Å². The van der Waals surface area contributed by atoms with Gasteiger partial charge in [0.25, 0.3) is 0 Å².